The van der Waals surface area contributed by atoms with E-state index in [0.29, 0.717) is 18.8 Å². The van der Waals surface area contributed by atoms with Gasteiger partial charge in [0.2, 0.25) is 5.91 Å². The average Bonchev–Trinajstić information content (AvgIpc) is 2.39. The van der Waals surface area contributed by atoms with Gasteiger partial charge >= 0.3 is 5.97 Å². The van der Waals surface area contributed by atoms with Crippen molar-refractivity contribution in [1.82, 2.24) is 10.6 Å². The molecule has 0 aliphatic carbocycles. The van der Waals surface area contributed by atoms with Crippen molar-refractivity contribution in [2.45, 2.75) is 78.3 Å². The summed E-state index contributed by atoms with van der Waals surface area (Å²) in [6.07, 6.45) is 4.11. The Bertz CT molecular complexity index is 325. The van der Waals surface area contributed by atoms with Gasteiger partial charge in [0.1, 0.15) is 5.54 Å². The van der Waals surface area contributed by atoms with Gasteiger partial charge < -0.3 is 10.4 Å². The topological polar surface area (TPSA) is 78.4 Å². The second-order valence-electron chi connectivity index (χ2n) is 6.24. The van der Waals surface area contributed by atoms with Crippen LogP contribution in [0.5, 0.6) is 0 Å². The first-order chi connectivity index (χ1) is 9.77. The van der Waals surface area contributed by atoms with E-state index in [1.165, 1.54) is 0 Å². The highest BCUT2D eigenvalue weighted by Crippen LogP contribution is 2.15. The van der Waals surface area contributed by atoms with Gasteiger partial charge in [-0.1, -0.05) is 40.5 Å². The van der Waals surface area contributed by atoms with E-state index in [1.807, 2.05) is 20.8 Å². The van der Waals surface area contributed by atoms with Gasteiger partial charge in [0.25, 0.3) is 0 Å². The quantitative estimate of drug-likeness (QED) is 0.548. The van der Waals surface area contributed by atoms with Crippen LogP contribution in [0.4, 0.5) is 0 Å². The molecule has 0 saturated heterocycles. The minimum atomic E-state index is -1.00. The van der Waals surface area contributed by atoms with Gasteiger partial charge in [-0.05, 0) is 32.1 Å². The number of carbonyl (C=O) groups excluding carboxylic acids is 1. The van der Waals surface area contributed by atoms with Crippen LogP contribution in [-0.4, -0.2) is 35.1 Å². The molecule has 21 heavy (non-hydrogen) atoms. The highest BCUT2D eigenvalue weighted by atomic mass is 16.4. The summed E-state index contributed by atoms with van der Waals surface area (Å²) in [7, 11) is 0. The first-order valence-corrected chi connectivity index (χ1v) is 8.05. The van der Waals surface area contributed by atoms with Crippen molar-refractivity contribution in [3.8, 4) is 0 Å². The minimum Gasteiger partial charge on any atom is -0.480 e. The maximum Gasteiger partial charge on any atom is 0.323 e. The molecule has 0 aromatic rings. The van der Waals surface area contributed by atoms with E-state index in [9.17, 15) is 14.7 Å². The van der Waals surface area contributed by atoms with E-state index >= 15 is 0 Å². The van der Waals surface area contributed by atoms with Gasteiger partial charge in [-0.25, -0.2) is 0 Å². The van der Waals surface area contributed by atoms with Crippen molar-refractivity contribution < 1.29 is 14.7 Å². The molecule has 0 rings (SSSR count). The number of nitrogens with one attached hydrogen (secondary N) is 2. The largest absolute Gasteiger partial charge is 0.480 e. The summed E-state index contributed by atoms with van der Waals surface area (Å²) in [4.78, 5) is 23.2. The Morgan fingerprint density at radius 3 is 2.10 bits per heavy atom. The summed E-state index contributed by atoms with van der Waals surface area (Å²) in [6.45, 7) is 10.0. The Hall–Kier alpha value is -1.10. The fourth-order valence-electron chi connectivity index (χ4n) is 2.36. The number of carbonyl (C=O) groups is 2. The van der Waals surface area contributed by atoms with Crippen molar-refractivity contribution in [3.05, 3.63) is 0 Å². The molecule has 1 amide bonds. The molecular formula is C16H32N2O3. The third kappa shape index (κ3) is 7.46. The molecule has 0 spiro atoms. The Balaban J connectivity index is 4.16. The van der Waals surface area contributed by atoms with E-state index in [1.54, 1.807) is 0 Å². The molecule has 5 nitrogen and oxygen atoms in total. The smallest absolute Gasteiger partial charge is 0.323 e. The van der Waals surface area contributed by atoms with E-state index in [2.05, 4.69) is 24.5 Å². The molecule has 0 aliphatic heterocycles. The predicted molar refractivity (Wildman–Crippen MR) is 85.2 cm³/mol. The van der Waals surface area contributed by atoms with Gasteiger partial charge in [0.05, 0.1) is 6.54 Å². The molecule has 0 radical (unpaired) electrons. The summed E-state index contributed by atoms with van der Waals surface area (Å²) < 4.78 is 0. The van der Waals surface area contributed by atoms with Gasteiger partial charge in [-0.3, -0.25) is 14.9 Å². The second-order valence-corrected chi connectivity index (χ2v) is 6.24. The molecule has 5 heteroatoms. The summed E-state index contributed by atoms with van der Waals surface area (Å²) in [5, 5.41) is 15.1. The summed E-state index contributed by atoms with van der Waals surface area (Å²) in [5.74, 6) is -0.357. The van der Waals surface area contributed by atoms with Gasteiger partial charge in [0.15, 0.2) is 0 Å². The molecule has 3 N–H and O–H groups in total. The molecular weight excluding hydrogens is 268 g/mol. The first-order valence-electron chi connectivity index (χ1n) is 8.05. The van der Waals surface area contributed by atoms with Crippen LogP contribution in [0.15, 0.2) is 0 Å². The lowest BCUT2D eigenvalue weighted by atomic mass is 9.93. The highest BCUT2D eigenvalue weighted by molar-refractivity contribution is 5.82. The monoisotopic (exact) mass is 300 g/mol. The SMILES string of the molecule is CCC(CC)(NCC(=O)NC(C)CCCC(C)C)C(=O)O. The lowest BCUT2D eigenvalue weighted by Gasteiger charge is -2.28. The molecule has 0 aromatic carbocycles. The zero-order chi connectivity index (χ0) is 16.5. The van der Waals surface area contributed by atoms with Gasteiger partial charge in [-0.2, -0.15) is 0 Å². The molecule has 0 bridgehead atoms. The standard InChI is InChI=1S/C16H32N2O3/c1-6-16(7-2,15(20)21)17-11-14(19)18-13(5)10-8-9-12(3)4/h12-13,17H,6-11H2,1-5H3,(H,18,19)(H,20,21). The Kier molecular flexibility index (Phi) is 9.26. The van der Waals surface area contributed by atoms with Gasteiger partial charge in [-0.15, -0.1) is 0 Å². The van der Waals surface area contributed by atoms with E-state index in [0.717, 1.165) is 19.3 Å². The third-order valence-corrected chi connectivity index (χ3v) is 4.03. The van der Waals surface area contributed by atoms with Crippen LogP contribution in [0.3, 0.4) is 0 Å². The number of carboxylic acid groups (broad SMARTS) is 1. The van der Waals surface area contributed by atoms with Crippen molar-refractivity contribution >= 4 is 11.9 Å². The van der Waals surface area contributed by atoms with Crippen molar-refractivity contribution in [1.29, 1.82) is 0 Å². The molecule has 0 saturated carbocycles. The average molecular weight is 300 g/mol. The lowest BCUT2D eigenvalue weighted by Crippen LogP contribution is -2.54. The summed E-state index contributed by atoms with van der Waals surface area (Å²) >= 11 is 0. The lowest BCUT2D eigenvalue weighted by molar-refractivity contribution is -0.145. The molecule has 0 heterocycles. The van der Waals surface area contributed by atoms with Crippen LogP contribution in [0.25, 0.3) is 0 Å². The Morgan fingerprint density at radius 2 is 1.67 bits per heavy atom. The molecule has 1 unspecified atom stereocenters. The van der Waals surface area contributed by atoms with Crippen LogP contribution in [0.1, 0.15) is 66.7 Å². The molecule has 0 aromatic heterocycles. The molecule has 0 fully saturated rings. The number of aliphatic carboxylic acids is 1. The number of rotatable bonds is 11. The zero-order valence-corrected chi connectivity index (χ0v) is 14.2. The molecule has 124 valence electrons. The van der Waals surface area contributed by atoms with Crippen LogP contribution in [-0.2, 0) is 9.59 Å². The maximum absolute atomic E-state index is 11.9. The fourth-order valence-corrected chi connectivity index (χ4v) is 2.36. The molecule has 0 aliphatic rings. The summed E-state index contributed by atoms with van der Waals surface area (Å²) in [5.41, 5.74) is -1.00. The van der Waals surface area contributed by atoms with E-state index in [4.69, 9.17) is 0 Å². The number of carboxylic acids is 1. The highest BCUT2D eigenvalue weighted by Gasteiger charge is 2.34. The van der Waals surface area contributed by atoms with Crippen LogP contribution in [0.2, 0.25) is 0 Å². The Labute approximate surface area is 128 Å². The van der Waals surface area contributed by atoms with Crippen LogP contribution < -0.4 is 10.6 Å². The Morgan fingerprint density at radius 1 is 1.10 bits per heavy atom. The van der Waals surface area contributed by atoms with Crippen molar-refractivity contribution in [2.24, 2.45) is 5.92 Å². The van der Waals surface area contributed by atoms with Gasteiger partial charge in [0, 0.05) is 6.04 Å². The number of hydrogen-bond donors (Lipinski definition) is 3. The number of amides is 1. The minimum absolute atomic E-state index is 0.0441. The summed E-state index contributed by atoms with van der Waals surface area (Å²) in [6, 6.07) is 0.125. The predicted octanol–water partition coefficient (Wildman–Crippen LogP) is 2.55. The normalized spacial score (nSPS) is 13.2. The second kappa shape index (κ2) is 9.77. The fraction of sp³-hybridized carbons (Fsp3) is 0.875. The van der Waals surface area contributed by atoms with E-state index in [-0.39, 0.29) is 18.5 Å². The zero-order valence-electron chi connectivity index (χ0n) is 14.2. The van der Waals surface area contributed by atoms with Crippen LogP contribution in [0, 0.1) is 5.92 Å². The van der Waals surface area contributed by atoms with Crippen molar-refractivity contribution in [2.75, 3.05) is 6.54 Å². The number of hydrogen-bond acceptors (Lipinski definition) is 3. The molecule has 1 atom stereocenters. The van der Waals surface area contributed by atoms with E-state index < -0.39 is 11.5 Å². The third-order valence-electron chi connectivity index (χ3n) is 4.03. The maximum atomic E-state index is 11.9. The van der Waals surface area contributed by atoms with Crippen molar-refractivity contribution in [3.63, 3.8) is 0 Å². The first kappa shape index (κ1) is 19.9. The van der Waals surface area contributed by atoms with Crippen LogP contribution >= 0.6 is 0 Å².